The summed E-state index contributed by atoms with van der Waals surface area (Å²) in [5.74, 6) is -7.21. The number of hydrogen-bond acceptors (Lipinski definition) is 3. The number of rotatable bonds is 2. The van der Waals surface area contributed by atoms with Gasteiger partial charge in [0, 0.05) is 19.2 Å². The summed E-state index contributed by atoms with van der Waals surface area (Å²) in [5.41, 5.74) is -0.239. The van der Waals surface area contributed by atoms with E-state index in [9.17, 15) is 26.0 Å². The molecule has 1 aromatic carbocycles. The van der Waals surface area contributed by atoms with E-state index in [1.54, 1.807) is 0 Å². The van der Waals surface area contributed by atoms with Gasteiger partial charge < -0.3 is 5.32 Å². The summed E-state index contributed by atoms with van der Waals surface area (Å²) >= 11 is 0. The van der Waals surface area contributed by atoms with Crippen molar-refractivity contribution < 1.29 is 26.0 Å². The van der Waals surface area contributed by atoms with Gasteiger partial charge in [-0.3, -0.25) is 0 Å². The molecule has 1 spiro atoms. The van der Waals surface area contributed by atoms with Gasteiger partial charge in [0.2, 0.25) is 10.0 Å². The summed E-state index contributed by atoms with van der Waals surface area (Å²) in [6.45, 7) is 1.67. The van der Waals surface area contributed by atoms with Crippen LogP contribution in [0.5, 0.6) is 0 Å². The first-order valence-corrected chi connectivity index (χ1v) is 8.75. The first-order chi connectivity index (χ1) is 10.8. The molecule has 4 nitrogen and oxygen atoms in total. The third kappa shape index (κ3) is 2.74. The summed E-state index contributed by atoms with van der Waals surface area (Å²) in [5, 5.41) is 3.17. The Morgan fingerprint density at radius 3 is 2.13 bits per heavy atom. The lowest BCUT2D eigenvalue weighted by Gasteiger charge is -2.33. The fourth-order valence-corrected chi connectivity index (χ4v) is 5.05. The molecule has 2 aliphatic rings. The van der Waals surface area contributed by atoms with Crippen LogP contribution in [-0.4, -0.2) is 38.9 Å². The third-order valence-electron chi connectivity index (χ3n) is 4.74. The van der Waals surface area contributed by atoms with Crippen molar-refractivity contribution in [3.63, 3.8) is 0 Å². The maximum atomic E-state index is 13.8. The molecule has 0 aromatic heterocycles. The maximum Gasteiger partial charge on any atom is 0.249 e. The number of piperidine rings is 1. The van der Waals surface area contributed by atoms with E-state index in [1.165, 1.54) is 0 Å². The van der Waals surface area contributed by atoms with Crippen molar-refractivity contribution in [3.05, 3.63) is 29.3 Å². The van der Waals surface area contributed by atoms with Crippen molar-refractivity contribution in [2.24, 2.45) is 5.41 Å². The average molecular weight is 352 g/mol. The Morgan fingerprint density at radius 2 is 1.57 bits per heavy atom. The lowest BCUT2D eigenvalue weighted by molar-refractivity contribution is 0.218. The second-order valence-electron chi connectivity index (χ2n) is 6.14. The van der Waals surface area contributed by atoms with Crippen molar-refractivity contribution in [1.82, 2.24) is 9.62 Å². The van der Waals surface area contributed by atoms with Crippen LogP contribution in [0.25, 0.3) is 0 Å². The van der Waals surface area contributed by atoms with Gasteiger partial charge in [0.1, 0.15) is 0 Å². The highest BCUT2D eigenvalue weighted by molar-refractivity contribution is 7.89. The molecule has 0 aliphatic carbocycles. The molecule has 0 atom stereocenters. The maximum absolute atomic E-state index is 13.8. The van der Waals surface area contributed by atoms with Crippen molar-refractivity contribution in [1.29, 1.82) is 0 Å². The van der Waals surface area contributed by atoms with Crippen LogP contribution in [0.1, 0.15) is 19.3 Å². The number of nitrogens with one attached hydrogen (secondary N) is 1. The predicted octanol–water partition coefficient (Wildman–Crippen LogP) is 2.01. The van der Waals surface area contributed by atoms with E-state index in [-0.39, 0.29) is 24.6 Å². The first kappa shape index (κ1) is 16.7. The largest absolute Gasteiger partial charge is 0.317 e. The zero-order chi connectivity index (χ0) is 16.8. The minimum atomic E-state index is -4.64. The van der Waals surface area contributed by atoms with Crippen molar-refractivity contribution in [3.8, 4) is 0 Å². The topological polar surface area (TPSA) is 49.4 Å². The zero-order valence-electron chi connectivity index (χ0n) is 12.2. The van der Waals surface area contributed by atoms with Crippen LogP contribution < -0.4 is 5.32 Å². The van der Waals surface area contributed by atoms with Gasteiger partial charge in [0.15, 0.2) is 28.2 Å². The molecular weight excluding hydrogens is 336 g/mol. The molecular formula is C14H16F4N2O2S. The molecule has 1 N–H and O–H groups in total. The fourth-order valence-electron chi connectivity index (χ4n) is 3.37. The lowest BCUT2D eigenvalue weighted by Crippen LogP contribution is -2.40. The van der Waals surface area contributed by atoms with E-state index in [0.29, 0.717) is 6.42 Å². The van der Waals surface area contributed by atoms with Crippen LogP contribution in [0.15, 0.2) is 11.0 Å². The quantitative estimate of drug-likeness (QED) is 0.654. The molecule has 2 fully saturated rings. The molecule has 0 amide bonds. The van der Waals surface area contributed by atoms with Gasteiger partial charge in [-0.05, 0) is 37.8 Å². The molecule has 0 radical (unpaired) electrons. The van der Waals surface area contributed by atoms with E-state index in [4.69, 9.17) is 0 Å². The van der Waals surface area contributed by atoms with Crippen LogP contribution in [0.3, 0.4) is 0 Å². The summed E-state index contributed by atoms with van der Waals surface area (Å²) in [6.07, 6.45) is 2.07. The normalized spacial score (nSPS) is 21.9. The van der Waals surface area contributed by atoms with Crippen molar-refractivity contribution in [2.45, 2.75) is 24.2 Å². The van der Waals surface area contributed by atoms with E-state index in [0.717, 1.165) is 30.2 Å². The van der Waals surface area contributed by atoms with Gasteiger partial charge in [0.25, 0.3) is 0 Å². The molecule has 0 saturated carbocycles. The molecule has 128 valence electrons. The lowest BCUT2D eigenvalue weighted by atomic mass is 9.78. The second-order valence-corrected chi connectivity index (χ2v) is 8.01. The van der Waals surface area contributed by atoms with Gasteiger partial charge in [-0.1, -0.05) is 0 Å². The van der Waals surface area contributed by atoms with Crippen LogP contribution in [0, 0.1) is 28.7 Å². The van der Waals surface area contributed by atoms with Crippen molar-refractivity contribution in [2.75, 3.05) is 26.2 Å². The molecule has 0 bridgehead atoms. The van der Waals surface area contributed by atoms with Gasteiger partial charge in [-0.2, -0.15) is 4.31 Å². The van der Waals surface area contributed by atoms with Crippen LogP contribution in [0.4, 0.5) is 17.6 Å². The van der Waals surface area contributed by atoms with Gasteiger partial charge >= 0.3 is 0 Å². The predicted molar refractivity (Wildman–Crippen MR) is 74.2 cm³/mol. The Bertz CT molecular complexity index is 707. The van der Waals surface area contributed by atoms with Crippen LogP contribution in [-0.2, 0) is 10.0 Å². The van der Waals surface area contributed by atoms with Crippen LogP contribution in [0.2, 0.25) is 0 Å². The SMILES string of the molecule is O=S(=O)(c1c(F)c(F)cc(F)c1F)N1CCC2(CCNCC2)C1. The van der Waals surface area contributed by atoms with E-state index in [1.807, 2.05) is 0 Å². The monoisotopic (exact) mass is 352 g/mol. The zero-order valence-corrected chi connectivity index (χ0v) is 13.0. The molecule has 9 heteroatoms. The smallest absolute Gasteiger partial charge is 0.249 e. The van der Waals surface area contributed by atoms with Gasteiger partial charge in [0.05, 0.1) is 0 Å². The van der Waals surface area contributed by atoms with E-state index < -0.39 is 38.2 Å². The summed E-state index contributed by atoms with van der Waals surface area (Å²) < 4.78 is 80.2. The van der Waals surface area contributed by atoms with E-state index in [2.05, 4.69) is 5.32 Å². The Kier molecular flexibility index (Phi) is 4.14. The van der Waals surface area contributed by atoms with E-state index >= 15 is 0 Å². The molecule has 2 heterocycles. The number of nitrogens with zero attached hydrogens (tertiary/aromatic N) is 1. The fraction of sp³-hybridized carbons (Fsp3) is 0.571. The second kappa shape index (κ2) is 5.71. The average Bonchev–Trinajstić information content (AvgIpc) is 2.90. The van der Waals surface area contributed by atoms with Gasteiger partial charge in [-0.15, -0.1) is 0 Å². The minimum absolute atomic E-state index is 0.00195. The number of sulfonamides is 1. The van der Waals surface area contributed by atoms with Gasteiger partial charge in [-0.25, -0.2) is 26.0 Å². The number of benzene rings is 1. The number of hydrogen-bond donors (Lipinski definition) is 1. The first-order valence-electron chi connectivity index (χ1n) is 7.31. The highest BCUT2D eigenvalue weighted by Gasteiger charge is 2.45. The summed E-state index contributed by atoms with van der Waals surface area (Å²) in [7, 11) is -4.64. The molecule has 23 heavy (non-hydrogen) atoms. The summed E-state index contributed by atoms with van der Waals surface area (Å²) in [4.78, 5) is -1.54. The van der Waals surface area contributed by atoms with Crippen molar-refractivity contribution >= 4 is 10.0 Å². The highest BCUT2D eigenvalue weighted by atomic mass is 32.2. The Labute approximate surface area is 131 Å². The summed E-state index contributed by atoms with van der Waals surface area (Å²) in [6, 6.07) is 0.00195. The Hall–Kier alpha value is -1.19. The molecule has 2 aliphatic heterocycles. The Morgan fingerprint density at radius 1 is 1.00 bits per heavy atom. The third-order valence-corrected chi connectivity index (χ3v) is 6.60. The molecule has 2 saturated heterocycles. The molecule has 0 unspecified atom stereocenters. The molecule has 1 aromatic rings. The standard InChI is InChI=1S/C14H16F4N2O2S/c15-9-7-10(16)12(18)13(11(9)17)23(21,22)20-6-3-14(8-20)1-4-19-5-2-14/h7,19H,1-6,8H2. The Balaban J connectivity index is 1.97. The highest BCUT2D eigenvalue weighted by Crippen LogP contribution is 2.41. The minimum Gasteiger partial charge on any atom is -0.317 e. The number of halogens is 4. The van der Waals surface area contributed by atoms with Crippen LogP contribution >= 0.6 is 0 Å². The molecule has 3 rings (SSSR count).